The molecule has 0 saturated carbocycles. The number of nitrogens with one attached hydrogen (secondary N) is 1. The SMILES string of the molecule is CCC1CC(O)(c2nccn2C)CC(C)N1. The van der Waals surface area contributed by atoms with Gasteiger partial charge in [0.25, 0.3) is 0 Å². The molecule has 0 amide bonds. The highest BCUT2D eigenvalue weighted by molar-refractivity contribution is 5.09. The summed E-state index contributed by atoms with van der Waals surface area (Å²) in [5.41, 5.74) is -0.774. The lowest BCUT2D eigenvalue weighted by Gasteiger charge is -2.40. The maximum absolute atomic E-state index is 10.8. The molecule has 1 fully saturated rings. The van der Waals surface area contributed by atoms with E-state index in [0.717, 1.165) is 25.1 Å². The minimum absolute atomic E-state index is 0.334. The van der Waals surface area contributed by atoms with Crippen molar-refractivity contribution in [1.29, 1.82) is 0 Å². The summed E-state index contributed by atoms with van der Waals surface area (Å²) in [5.74, 6) is 0.791. The topological polar surface area (TPSA) is 50.1 Å². The van der Waals surface area contributed by atoms with Crippen molar-refractivity contribution >= 4 is 0 Å². The van der Waals surface area contributed by atoms with Gasteiger partial charge in [-0.05, 0) is 26.2 Å². The number of piperidine rings is 1. The average molecular weight is 223 g/mol. The average Bonchev–Trinajstić information content (AvgIpc) is 2.63. The summed E-state index contributed by atoms with van der Waals surface area (Å²) in [4.78, 5) is 4.30. The number of rotatable bonds is 2. The van der Waals surface area contributed by atoms with Crippen LogP contribution in [0.4, 0.5) is 0 Å². The Labute approximate surface area is 96.7 Å². The van der Waals surface area contributed by atoms with Gasteiger partial charge in [0.1, 0.15) is 11.4 Å². The minimum atomic E-state index is -0.774. The monoisotopic (exact) mass is 223 g/mol. The Kier molecular flexibility index (Phi) is 3.04. The summed E-state index contributed by atoms with van der Waals surface area (Å²) in [7, 11) is 1.94. The summed E-state index contributed by atoms with van der Waals surface area (Å²) in [6.07, 6.45) is 6.16. The number of aryl methyl sites for hydroxylation is 1. The van der Waals surface area contributed by atoms with Crippen LogP contribution in [0.25, 0.3) is 0 Å². The van der Waals surface area contributed by atoms with Crippen molar-refractivity contribution in [1.82, 2.24) is 14.9 Å². The third-order valence-corrected chi connectivity index (χ3v) is 3.48. The van der Waals surface area contributed by atoms with Gasteiger partial charge in [0, 0.05) is 31.5 Å². The van der Waals surface area contributed by atoms with Crippen molar-refractivity contribution in [2.75, 3.05) is 0 Å². The molecule has 0 aromatic carbocycles. The Bertz CT molecular complexity index is 363. The quantitative estimate of drug-likeness (QED) is 0.791. The lowest BCUT2D eigenvalue weighted by Crippen LogP contribution is -2.51. The summed E-state index contributed by atoms with van der Waals surface area (Å²) in [5, 5.41) is 14.3. The van der Waals surface area contributed by atoms with Gasteiger partial charge in [0.05, 0.1) is 0 Å². The maximum atomic E-state index is 10.8. The second-order valence-corrected chi connectivity index (χ2v) is 4.97. The Morgan fingerprint density at radius 1 is 1.62 bits per heavy atom. The van der Waals surface area contributed by atoms with E-state index in [9.17, 15) is 5.11 Å². The molecule has 1 aromatic rings. The van der Waals surface area contributed by atoms with E-state index in [1.807, 2.05) is 17.8 Å². The van der Waals surface area contributed by atoms with Gasteiger partial charge in [-0.25, -0.2) is 4.98 Å². The largest absolute Gasteiger partial charge is 0.382 e. The second kappa shape index (κ2) is 4.18. The Balaban J connectivity index is 2.27. The van der Waals surface area contributed by atoms with Crippen LogP contribution >= 0.6 is 0 Å². The van der Waals surface area contributed by atoms with Crippen molar-refractivity contribution in [3.63, 3.8) is 0 Å². The van der Waals surface area contributed by atoms with E-state index in [4.69, 9.17) is 0 Å². The number of hydrogen-bond donors (Lipinski definition) is 2. The summed E-state index contributed by atoms with van der Waals surface area (Å²) in [6.45, 7) is 4.27. The molecule has 90 valence electrons. The van der Waals surface area contributed by atoms with Gasteiger partial charge in [0.15, 0.2) is 0 Å². The van der Waals surface area contributed by atoms with E-state index in [0.29, 0.717) is 12.1 Å². The van der Waals surface area contributed by atoms with E-state index in [-0.39, 0.29) is 0 Å². The fourth-order valence-corrected chi connectivity index (χ4v) is 2.78. The van der Waals surface area contributed by atoms with Crippen molar-refractivity contribution in [3.8, 4) is 0 Å². The van der Waals surface area contributed by atoms with Crippen LogP contribution in [0.3, 0.4) is 0 Å². The van der Waals surface area contributed by atoms with Crippen LogP contribution < -0.4 is 5.32 Å². The van der Waals surface area contributed by atoms with Crippen LogP contribution in [0.2, 0.25) is 0 Å². The highest BCUT2D eigenvalue weighted by Crippen LogP contribution is 2.34. The number of hydrogen-bond acceptors (Lipinski definition) is 3. The molecule has 0 aliphatic carbocycles. The van der Waals surface area contributed by atoms with Gasteiger partial charge in [-0.2, -0.15) is 0 Å². The molecule has 2 N–H and O–H groups in total. The molecule has 0 spiro atoms. The van der Waals surface area contributed by atoms with Crippen molar-refractivity contribution in [2.45, 2.75) is 50.8 Å². The van der Waals surface area contributed by atoms with Gasteiger partial charge in [-0.15, -0.1) is 0 Å². The summed E-state index contributed by atoms with van der Waals surface area (Å²) >= 11 is 0. The first-order valence-corrected chi connectivity index (χ1v) is 6.01. The van der Waals surface area contributed by atoms with Crippen LogP contribution in [0.5, 0.6) is 0 Å². The third kappa shape index (κ3) is 1.99. The van der Waals surface area contributed by atoms with Gasteiger partial charge >= 0.3 is 0 Å². The van der Waals surface area contributed by atoms with E-state index < -0.39 is 5.60 Å². The number of aromatic nitrogens is 2. The van der Waals surface area contributed by atoms with Crippen LogP contribution in [-0.2, 0) is 12.6 Å². The summed E-state index contributed by atoms with van der Waals surface area (Å²) < 4.78 is 1.92. The number of imidazole rings is 1. The Morgan fingerprint density at radius 3 is 2.94 bits per heavy atom. The highest BCUT2D eigenvalue weighted by Gasteiger charge is 2.40. The molecule has 2 rings (SSSR count). The molecule has 2 heterocycles. The normalized spacial score (nSPS) is 35.2. The van der Waals surface area contributed by atoms with E-state index in [2.05, 4.69) is 24.1 Å². The molecule has 1 aromatic heterocycles. The van der Waals surface area contributed by atoms with Gasteiger partial charge in [0.2, 0.25) is 0 Å². The van der Waals surface area contributed by atoms with Crippen LogP contribution in [-0.4, -0.2) is 26.7 Å². The zero-order valence-corrected chi connectivity index (χ0v) is 10.3. The minimum Gasteiger partial charge on any atom is -0.382 e. The Hall–Kier alpha value is -0.870. The lowest BCUT2D eigenvalue weighted by molar-refractivity contribution is -0.0323. The van der Waals surface area contributed by atoms with Crippen molar-refractivity contribution in [2.24, 2.45) is 7.05 Å². The molecule has 1 saturated heterocycles. The molecule has 1 aliphatic rings. The van der Waals surface area contributed by atoms with E-state index in [1.165, 1.54) is 0 Å². The molecule has 3 atom stereocenters. The number of aliphatic hydroxyl groups is 1. The Morgan fingerprint density at radius 2 is 2.38 bits per heavy atom. The molecular weight excluding hydrogens is 202 g/mol. The van der Waals surface area contributed by atoms with Gasteiger partial charge < -0.3 is 15.0 Å². The molecule has 4 heteroatoms. The first kappa shape index (κ1) is 11.6. The standard InChI is InChI=1S/C12H21N3O/c1-4-10-8-12(16,7-9(2)14-10)11-13-5-6-15(11)3/h5-6,9-10,14,16H,4,7-8H2,1-3H3. The second-order valence-electron chi connectivity index (χ2n) is 4.97. The van der Waals surface area contributed by atoms with Gasteiger partial charge in [-0.1, -0.05) is 6.92 Å². The molecular formula is C12H21N3O. The van der Waals surface area contributed by atoms with Crippen LogP contribution in [0.1, 0.15) is 38.9 Å². The molecule has 1 aliphatic heterocycles. The first-order valence-electron chi connectivity index (χ1n) is 6.01. The molecule has 0 bridgehead atoms. The van der Waals surface area contributed by atoms with Gasteiger partial charge in [-0.3, -0.25) is 0 Å². The molecule has 0 radical (unpaired) electrons. The first-order chi connectivity index (χ1) is 7.55. The highest BCUT2D eigenvalue weighted by atomic mass is 16.3. The molecule has 16 heavy (non-hydrogen) atoms. The molecule has 4 nitrogen and oxygen atoms in total. The van der Waals surface area contributed by atoms with E-state index >= 15 is 0 Å². The zero-order chi connectivity index (χ0) is 11.8. The third-order valence-electron chi connectivity index (χ3n) is 3.48. The predicted octanol–water partition coefficient (Wildman–Crippen LogP) is 1.16. The lowest BCUT2D eigenvalue weighted by atomic mass is 9.82. The van der Waals surface area contributed by atoms with Crippen molar-refractivity contribution < 1.29 is 5.11 Å². The summed E-state index contributed by atoms with van der Waals surface area (Å²) in [6, 6.07) is 0.714. The number of nitrogens with zero attached hydrogens (tertiary/aromatic N) is 2. The van der Waals surface area contributed by atoms with Crippen LogP contribution in [0, 0.1) is 0 Å². The smallest absolute Gasteiger partial charge is 0.140 e. The zero-order valence-electron chi connectivity index (χ0n) is 10.3. The predicted molar refractivity (Wildman–Crippen MR) is 63.0 cm³/mol. The van der Waals surface area contributed by atoms with E-state index in [1.54, 1.807) is 6.20 Å². The molecule has 3 unspecified atom stereocenters. The van der Waals surface area contributed by atoms with Crippen molar-refractivity contribution in [3.05, 3.63) is 18.2 Å². The fourth-order valence-electron chi connectivity index (χ4n) is 2.78. The maximum Gasteiger partial charge on any atom is 0.140 e. The van der Waals surface area contributed by atoms with Crippen LogP contribution in [0.15, 0.2) is 12.4 Å². The fraction of sp³-hybridized carbons (Fsp3) is 0.750.